The summed E-state index contributed by atoms with van der Waals surface area (Å²) in [4.78, 5) is 9.92. The van der Waals surface area contributed by atoms with Crippen LogP contribution < -0.4 is 10.5 Å². The predicted molar refractivity (Wildman–Crippen MR) is 88.7 cm³/mol. The molecule has 2 rings (SSSR count). The molecule has 0 amide bonds. The highest BCUT2D eigenvalue weighted by atomic mass is 32.2. The summed E-state index contributed by atoms with van der Waals surface area (Å²) < 4.78 is 23.3. The highest BCUT2D eigenvalue weighted by molar-refractivity contribution is 7.89. The van der Waals surface area contributed by atoms with Gasteiger partial charge in [-0.1, -0.05) is 26.2 Å². The van der Waals surface area contributed by atoms with Crippen LogP contribution in [0.3, 0.4) is 0 Å². The molecule has 0 radical (unpaired) electrons. The summed E-state index contributed by atoms with van der Waals surface area (Å²) in [5.74, 6) is 1.38. The number of benzene rings is 1. The molecular weight excluding hydrogens is 318 g/mol. The molecule has 8 heteroatoms. The van der Waals surface area contributed by atoms with Crippen molar-refractivity contribution in [2.45, 2.75) is 43.9 Å². The van der Waals surface area contributed by atoms with Gasteiger partial charge in [-0.25, -0.2) is 13.6 Å². The average Bonchev–Trinajstić information content (AvgIpc) is 2.46. The fraction of sp³-hybridized carbons (Fsp3) is 0.600. The Hall–Kier alpha value is -1.67. The van der Waals surface area contributed by atoms with Crippen molar-refractivity contribution in [2.24, 2.45) is 17.0 Å². The molecule has 1 saturated carbocycles. The monoisotopic (exact) mass is 341 g/mol. The molecule has 1 fully saturated rings. The van der Waals surface area contributed by atoms with E-state index in [0.717, 1.165) is 18.4 Å². The van der Waals surface area contributed by atoms with Gasteiger partial charge in [0.25, 0.3) is 5.69 Å². The molecule has 0 bridgehead atoms. The van der Waals surface area contributed by atoms with E-state index in [-0.39, 0.29) is 10.6 Å². The second-order valence-corrected chi connectivity index (χ2v) is 7.87. The van der Waals surface area contributed by atoms with Gasteiger partial charge in [-0.3, -0.25) is 10.1 Å². The number of hydrogen-bond acceptors (Lipinski definition) is 5. The highest BCUT2D eigenvalue weighted by Crippen LogP contribution is 2.31. The SMILES string of the molecule is CC1CCCC(CCNc2ccc([N+](=O)[O-])cc2S(N)(=O)=O)C1. The minimum Gasteiger partial charge on any atom is -0.384 e. The first-order chi connectivity index (χ1) is 10.8. The lowest BCUT2D eigenvalue weighted by molar-refractivity contribution is -0.385. The summed E-state index contributed by atoms with van der Waals surface area (Å²) in [6.45, 7) is 2.88. The molecule has 0 saturated heterocycles. The van der Waals surface area contributed by atoms with Crippen molar-refractivity contribution in [1.29, 1.82) is 0 Å². The van der Waals surface area contributed by atoms with Gasteiger partial charge in [0.1, 0.15) is 4.90 Å². The molecular formula is C15H23N3O4S. The Morgan fingerprint density at radius 3 is 2.74 bits per heavy atom. The summed E-state index contributed by atoms with van der Waals surface area (Å²) in [5, 5.41) is 19.0. The summed E-state index contributed by atoms with van der Waals surface area (Å²) >= 11 is 0. The van der Waals surface area contributed by atoms with Crippen LogP contribution >= 0.6 is 0 Å². The molecule has 2 unspecified atom stereocenters. The third kappa shape index (κ3) is 4.90. The molecule has 1 aromatic rings. The van der Waals surface area contributed by atoms with E-state index in [2.05, 4.69) is 12.2 Å². The van der Waals surface area contributed by atoms with Crippen LogP contribution in [-0.4, -0.2) is 19.9 Å². The Labute approximate surface area is 136 Å². The van der Waals surface area contributed by atoms with E-state index >= 15 is 0 Å². The number of sulfonamides is 1. The van der Waals surface area contributed by atoms with Crippen LogP contribution in [0.1, 0.15) is 39.0 Å². The van der Waals surface area contributed by atoms with Crippen LogP contribution in [-0.2, 0) is 10.0 Å². The van der Waals surface area contributed by atoms with Crippen LogP contribution in [0.2, 0.25) is 0 Å². The van der Waals surface area contributed by atoms with E-state index in [9.17, 15) is 18.5 Å². The Morgan fingerprint density at radius 2 is 2.13 bits per heavy atom. The number of nitrogens with one attached hydrogen (secondary N) is 1. The number of anilines is 1. The van der Waals surface area contributed by atoms with E-state index in [1.54, 1.807) is 0 Å². The first-order valence-corrected chi connectivity index (χ1v) is 9.37. The lowest BCUT2D eigenvalue weighted by Crippen LogP contribution is -2.19. The van der Waals surface area contributed by atoms with Crippen molar-refractivity contribution >= 4 is 21.4 Å². The Balaban J connectivity index is 2.05. The van der Waals surface area contributed by atoms with Crippen molar-refractivity contribution in [3.8, 4) is 0 Å². The zero-order valence-electron chi connectivity index (χ0n) is 13.2. The molecule has 1 aliphatic rings. The molecule has 0 heterocycles. The van der Waals surface area contributed by atoms with Gasteiger partial charge in [-0.15, -0.1) is 0 Å². The first-order valence-electron chi connectivity index (χ1n) is 7.82. The zero-order chi connectivity index (χ0) is 17.0. The third-order valence-electron chi connectivity index (χ3n) is 4.40. The van der Waals surface area contributed by atoms with E-state index < -0.39 is 14.9 Å². The minimum absolute atomic E-state index is 0.233. The van der Waals surface area contributed by atoms with Crippen molar-refractivity contribution in [3.05, 3.63) is 28.3 Å². The number of nitrogens with zero attached hydrogens (tertiary/aromatic N) is 1. The lowest BCUT2D eigenvalue weighted by atomic mass is 9.81. The van der Waals surface area contributed by atoms with Crippen LogP contribution in [0, 0.1) is 22.0 Å². The number of non-ortho nitro benzene ring substituents is 1. The second-order valence-electron chi connectivity index (χ2n) is 6.34. The molecule has 128 valence electrons. The fourth-order valence-corrected chi connectivity index (χ4v) is 3.97. The van der Waals surface area contributed by atoms with Gasteiger partial charge in [0, 0.05) is 18.7 Å². The normalized spacial score (nSPS) is 21.8. The topological polar surface area (TPSA) is 115 Å². The van der Waals surface area contributed by atoms with Gasteiger partial charge in [0.2, 0.25) is 10.0 Å². The van der Waals surface area contributed by atoms with Gasteiger partial charge in [-0.05, 0) is 30.7 Å². The fourth-order valence-electron chi connectivity index (χ4n) is 3.24. The maximum atomic E-state index is 11.7. The van der Waals surface area contributed by atoms with Gasteiger partial charge < -0.3 is 5.32 Å². The molecule has 3 N–H and O–H groups in total. The Bertz CT molecular complexity index is 675. The molecule has 7 nitrogen and oxygen atoms in total. The zero-order valence-corrected chi connectivity index (χ0v) is 14.0. The first kappa shape index (κ1) is 17.7. The largest absolute Gasteiger partial charge is 0.384 e. The van der Waals surface area contributed by atoms with E-state index in [1.165, 1.54) is 37.8 Å². The summed E-state index contributed by atoms with van der Waals surface area (Å²) in [6, 6.07) is 3.68. The summed E-state index contributed by atoms with van der Waals surface area (Å²) in [5.41, 5.74) is 0.0302. The highest BCUT2D eigenvalue weighted by Gasteiger charge is 2.21. The van der Waals surface area contributed by atoms with Crippen LogP contribution in [0.25, 0.3) is 0 Å². The predicted octanol–water partition coefficient (Wildman–Crippen LogP) is 2.87. The standard InChI is InChI=1S/C15H23N3O4S/c1-11-3-2-4-12(9-11)7-8-17-14-6-5-13(18(19)20)10-15(14)23(16,21)22/h5-6,10-12,17H,2-4,7-9H2,1H3,(H2,16,21,22). The summed E-state index contributed by atoms with van der Waals surface area (Å²) in [7, 11) is -4.02. The summed E-state index contributed by atoms with van der Waals surface area (Å²) in [6.07, 6.45) is 5.87. The van der Waals surface area contributed by atoms with Crippen LogP contribution in [0.5, 0.6) is 0 Å². The number of rotatable bonds is 6. The van der Waals surface area contributed by atoms with Crippen LogP contribution in [0.15, 0.2) is 23.1 Å². The second kappa shape index (κ2) is 7.27. The van der Waals surface area contributed by atoms with E-state index in [1.807, 2.05) is 0 Å². The van der Waals surface area contributed by atoms with Gasteiger partial charge >= 0.3 is 0 Å². The third-order valence-corrected chi connectivity index (χ3v) is 5.35. The molecule has 23 heavy (non-hydrogen) atoms. The van der Waals surface area contributed by atoms with Gasteiger partial charge in [0.15, 0.2) is 0 Å². The lowest BCUT2D eigenvalue weighted by Gasteiger charge is -2.26. The van der Waals surface area contributed by atoms with Crippen molar-refractivity contribution < 1.29 is 13.3 Å². The molecule has 2 atom stereocenters. The molecule has 0 aromatic heterocycles. The smallest absolute Gasteiger partial charge is 0.270 e. The Morgan fingerprint density at radius 1 is 1.39 bits per heavy atom. The molecule has 0 aliphatic heterocycles. The Kier molecular flexibility index (Phi) is 5.59. The molecule has 1 aliphatic carbocycles. The maximum Gasteiger partial charge on any atom is 0.270 e. The number of nitro groups is 1. The quantitative estimate of drug-likeness (QED) is 0.610. The minimum atomic E-state index is -4.02. The molecule has 1 aromatic carbocycles. The average molecular weight is 341 g/mol. The maximum absolute atomic E-state index is 11.7. The number of nitro benzene ring substituents is 1. The van der Waals surface area contributed by atoms with Crippen molar-refractivity contribution in [2.75, 3.05) is 11.9 Å². The number of primary sulfonamides is 1. The molecule has 0 spiro atoms. The van der Waals surface area contributed by atoms with Gasteiger partial charge in [0.05, 0.1) is 10.6 Å². The van der Waals surface area contributed by atoms with E-state index in [4.69, 9.17) is 5.14 Å². The van der Waals surface area contributed by atoms with Crippen molar-refractivity contribution in [1.82, 2.24) is 0 Å². The van der Waals surface area contributed by atoms with Crippen LogP contribution in [0.4, 0.5) is 11.4 Å². The van der Waals surface area contributed by atoms with Gasteiger partial charge in [-0.2, -0.15) is 0 Å². The van der Waals surface area contributed by atoms with Crippen molar-refractivity contribution in [3.63, 3.8) is 0 Å². The number of hydrogen-bond donors (Lipinski definition) is 2. The number of nitrogens with two attached hydrogens (primary N) is 1. The van der Waals surface area contributed by atoms with E-state index in [0.29, 0.717) is 18.2 Å².